The van der Waals surface area contributed by atoms with E-state index in [-0.39, 0.29) is 5.41 Å². The predicted molar refractivity (Wildman–Crippen MR) is 72.1 cm³/mol. The maximum Gasteiger partial charge on any atom is 0.0658 e. The lowest BCUT2D eigenvalue weighted by Crippen LogP contribution is -2.65. The highest BCUT2D eigenvalue weighted by molar-refractivity contribution is 5.18. The molecule has 3 fully saturated rings. The average Bonchev–Trinajstić information content (AvgIpc) is 2.57. The van der Waals surface area contributed by atoms with Gasteiger partial charge in [0.1, 0.15) is 0 Å². The quantitative estimate of drug-likeness (QED) is 0.793. The van der Waals surface area contributed by atoms with Crippen LogP contribution in [0.15, 0.2) is 0 Å². The lowest BCUT2D eigenvalue weighted by atomic mass is 9.40. The van der Waals surface area contributed by atoms with Crippen LogP contribution < -0.4 is 0 Å². The van der Waals surface area contributed by atoms with Crippen LogP contribution in [-0.4, -0.2) is 22.4 Å². The van der Waals surface area contributed by atoms with Crippen molar-refractivity contribution in [2.75, 3.05) is 6.61 Å². The molecule has 0 amide bonds. The fourth-order valence-corrected chi connectivity index (χ4v) is 5.91. The molecule has 0 radical (unpaired) electrons. The van der Waals surface area contributed by atoms with Gasteiger partial charge in [-0.1, -0.05) is 13.8 Å². The van der Waals surface area contributed by atoms with E-state index in [4.69, 9.17) is 0 Å². The zero-order chi connectivity index (χ0) is 13.2. The van der Waals surface area contributed by atoms with Crippen LogP contribution in [0.25, 0.3) is 0 Å². The van der Waals surface area contributed by atoms with Gasteiger partial charge < -0.3 is 10.2 Å². The zero-order valence-corrected chi connectivity index (χ0v) is 12.1. The largest absolute Gasteiger partial charge is 0.396 e. The third-order valence-electron chi connectivity index (χ3n) is 6.75. The van der Waals surface area contributed by atoms with E-state index in [9.17, 15) is 10.2 Å². The molecule has 104 valence electrons. The maximum atomic E-state index is 10.6. The van der Waals surface area contributed by atoms with Crippen LogP contribution in [0.3, 0.4) is 0 Å². The van der Waals surface area contributed by atoms with Crippen molar-refractivity contribution in [3.05, 3.63) is 0 Å². The first-order chi connectivity index (χ1) is 8.33. The monoisotopic (exact) mass is 252 g/mol. The molecule has 0 heterocycles. The number of hydrogen-bond donors (Lipinski definition) is 2. The lowest BCUT2D eigenvalue weighted by molar-refractivity contribution is -0.240. The molecule has 3 saturated carbocycles. The Bertz CT molecular complexity index is 351. The summed E-state index contributed by atoms with van der Waals surface area (Å²) in [5, 5.41) is 19.9. The molecule has 6 atom stereocenters. The minimum Gasteiger partial charge on any atom is -0.396 e. The molecule has 3 aliphatic carbocycles. The van der Waals surface area contributed by atoms with Crippen LogP contribution in [0.1, 0.15) is 59.3 Å². The van der Waals surface area contributed by atoms with E-state index in [1.807, 2.05) is 6.92 Å². The normalized spacial score (nSPS) is 58.8. The van der Waals surface area contributed by atoms with Crippen molar-refractivity contribution in [3.8, 4) is 0 Å². The van der Waals surface area contributed by atoms with Gasteiger partial charge in [0.2, 0.25) is 0 Å². The SMILES string of the molecule is C[C@@H]1CC[C@@]23C[C@](C)(O)[C@@H]2C[C@@](C)(CCO)C[C@@H]13. The third-order valence-corrected chi connectivity index (χ3v) is 6.75. The highest BCUT2D eigenvalue weighted by atomic mass is 16.3. The van der Waals surface area contributed by atoms with E-state index in [1.54, 1.807) is 0 Å². The summed E-state index contributed by atoms with van der Waals surface area (Å²) in [5.41, 5.74) is 0.258. The summed E-state index contributed by atoms with van der Waals surface area (Å²) < 4.78 is 0. The van der Waals surface area contributed by atoms with E-state index in [0.29, 0.717) is 17.9 Å². The summed E-state index contributed by atoms with van der Waals surface area (Å²) in [5.74, 6) is 2.07. The van der Waals surface area contributed by atoms with Gasteiger partial charge in [0, 0.05) is 6.61 Å². The Balaban J connectivity index is 1.90. The van der Waals surface area contributed by atoms with Gasteiger partial charge in [0.25, 0.3) is 0 Å². The summed E-state index contributed by atoms with van der Waals surface area (Å²) in [7, 11) is 0. The number of hydrogen-bond acceptors (Lipinski definition) is 2. The summed E-state index contributed by atoms with van der Waals surface area (Å²) in [6.45, 7) is 7.05. The Kier molecular flexibility index (Phi) is 2.68. The third kappa shape index (κ3) is 1.54. The Morgan fingerprint density at radius 1 is 1.22 bits per heavy atom. The van der Waals surface area contributed by atoms with Gasteiger partial charge in [0.05, 0.1) is 5.60 Å². The van der Waals surface area contributed by atoms with Crippen molar-refractivity contribution in [3.63, 3.8) is 0 Å². The van der Waals surface area contributed by atoms with E-state index < -0.39 is 5.60 Å². The Morgan fingerprint density at radius 3 is 2.56 bits per heavy atom. The van der Waals surface area contributed by atoms with Crippen molar-refractivity contribution < 1.29 is 10.2 Å². The van der Waals surface area contributed by atoms with Crippen molar-refractivity contribution in [2.24, 2.45) is 28.6 Å². The molecule has 0 bridgehead atoms. The van der Waals surface area contributed by atoms with Crippen molar-refractivity contribution in [2.45, 2.75) is 64.9 Å². The van der Waals surface area contributed by atoms with E-state index in [2.05, 4.69) is 13.8 Å². The minimum absolute atomic E-state index is 0.247. The summed E-state index contributed by atoms with van der Waals surface area (Å²) >= 11 is 0. The number of aliphatic hydroxyl groups is 2. The van der Waals surface area contributed by atoms with E-state index >= 15 is 0 Å². The van der Waals surface area contributed by atoms with Gasteiger partial charge in [-0.2, -0.15) is 0 Å². The van der Waals surface area contributed by atoms with Crippen molar-refractivity contribution in [1.82, 2.24) is 0 Å². The molecule has 0 aliphatic heterocycles. The Hall–Kier alpha value is -0.0800. The molecule has 0 aromatic rings. The molecule has 18 heavy (non-hydrogen) atoms. The minimum atomic E-state index is -0.445. The molecule has 1 spiro atoms. The van der Waals surface area contributed by atoms with E-state index in [0.717, 1.165) is 31.1 Å². The zero-order valence-electron chi connectivity index (χ0n) is 12.1. The van der Waals surface area contributed by atoms with Crippen LogP contribution in [0, 0.1) is 28.6 Å². The molecular weight excluding hydrogens is 224 g/mol. The van der Waals surface area contributed by atoms with Crippen molar-refractivity contribution in [1.29, 1.82) is 0 Å². The number of rotatable bonds is 2. The first-order valence-electron chi connectivity index (χ1n) is 7.66. The predicted octanol–water partition coefficient (Wildman–Crippen LogP) is 2.97. The molecule has 0 aromatic heterocycles. The van der Waals surface area contributed by atoms with E-state index in [1.165, 1.54) is 19.3 Å². The summed E-state index contributed by atoms with van der Waals surface area (Å²) in [4.78, 5) is 0. The van der Waals surface area contributed by atoms with Crippen LogP contribution >= 0.6 is 0 Å². The van der Waals surface area contributed by atoms with Crippen LogP contribution in [0.2, 0.25) is 0 Å². The van der Waals surface area contributed by atoms with Gasteiger partial charge in [-0.15, -0.1) is 0 Å². The van der Waals surface area contributed by atoms with Gasteiger partial charge in [-0.3, -0.25) is 0 Å². The van der Waals surface area contributed by atoms with Crippen LogP contribution in [0.4, 0.5) is 0 Å². The average molecular weight is 252 g/mol. The van der Waals surface area contributed by atoms with Crippen molar-refractivity contribution >= 4 is 0 Å². The van der Waals surface area contributed by atoms with Gasteiger partial charge in [-0.25, -0.2) is 0 Å². The Labute approximate surface area is 111 Å². The maximum absolute atomic E-state index is 10.6. The summed E-state index contributed by atoms with van der Waals surface area (Å²) in [6.07, 6.45) is 6.97. The second-order valence-corrected chi connectivity index (χ2v) is 8.13. The fraction of sp³-hybridized carbons (Fsp3) is 1.00. The first kappa shape index (κ1) is 12.9. The van der Waals surface area contributed by atoms with Crippen LogP contribution in [-0.2, 0) is 0 Å². The molecule has 3 rings (SSSR count). The molecule has 2 heteroatoms. The highest BCUT2D eigenvalue weighted by Gasteiger charge is 2.69. The van der Waals surface area contributed by atoms with Gasteiger partial charge >= 0.3 is 0 Å². The lowest BCUT2D eigenvalue weighted by Gasteiger charge is -2.67. The highest BCUT2D eigenvalue weighted by Crippen LogP contribution is 2.73. The second-order valence-electron chi connectivity index (χ2n) is 8.13. The molecule has 0 saturated heterocycles. The fourth-order valence-electron chi connectivity index (χ4n) is 5.91. The second kappa shape index (κ2) is 3.73. The molecule has 0 aromatic carbocycles. The smallest absolute Gasteiger partial charge is 0.0658 e. The van der Waals surface area contributed by atoms with Gasteiger partial charge in [-0.05, 0) is 74.0 Å². The number of aliphatic hydroxyl groups excluding tert-OH is 1. The first-order valence-corrected chi connectivity index (χ1v) is 7.66. The molecule has 2 nitrogen and oxygen atoms in total. The molecule has 0 unspecified atom stereocenters. The van der Waals surface area contributed by atoms with Crippen LogP contribution in [0.5, 0.6) is 0 Å². The standard InChI is InChI=1S/C16H28O2/c1-11-4-5-16-10-15(3,18)13(16)9-14(2,6-7-17)8-12(11)16/h11-13,17-18H,4-10H2,1-3H3/t11-,12+,13+,14+,15+,16+/m1/s1. The molecule has 3 aliphatic rings. The topological polar surface area (TPSA) is 40.5 Å². The summed E-state index contributed by atoms with van der Waals surface area (Å²) in [6, 6.07) is 0. The van der Waals surface area contributed by atoms with Gasteiger partial charge in [0.15, 0.2) is 0 Å². The Morgan fingerprint density at radius 2 is 1.94 bits per heavy atom. The molecular formula is C16H28O2. The molecule has 2 N–H and O–H groups in total.